The van der Waals surface area contributed by atoms with Crippen LogP contribution in [0.4, 0.5) is 0 Å². The zero-order valence-electron chi connectivity index (χ0n) is 8.83. The molecule has 0 radical (unpaired) electrons. The van der Waals surface area contributed by atoms with Crippen LogP contribution in [0.25, 0.3) is 0 Å². The molecule has 0 aromatic carbocycles. The van der Waals surface area contributed by atoms with Gasteiger partial charge in [0.1, 0.15) is 6.04 Å². The molecule has 1 atom stereocenters. The van der Waals surface area contributed by atoms with Gasteiger partial charge in [-0.1, -0.05) is 0 Å². The van der Waals surface area contributed by atoms with E-state index in [1.54, 1.807) is 27.1 Å². The summed E-state index contributed by atoms with van der Waals surface area (Å²) in [7, 11) is 3.43. The zero-order chi connectivity index (χ0) is 10.7. The molecule has 1 aliphatic rings. The predicted molar refractivity (Wildman–Crippen MR) is 53.6 cm³/mol. The van der Waals surface area contributed by atoms with Gasteiger partial charge in [-0.15, -0.1) is 0 Å². The molecule has 0 spiro atoms. The van der Waals surface area contributed by atoms with E-state index in [-0.39, 0.29) is 17.7 Å². The molecule has 4 nitrogen and oxygen atoms in total. The SMILES string of the molecule is CC(NC1=CC(=O)CC1)C(=O)N(C)C. The average Bonchev–Trinajstić information content (AvgIpc) is 2.49. The van der Waals surface area contributed by atoms with Crippen molar-refractivity contribution < 1.29 is 9.59 Å². The van der Waals surface area contributed by atoms with Crippen LogP contribution in [-0.4, -0.2) is 36.7 Å². The van der Waals surface area contributed by atoms with E-state index in [2.05, 4.69) is 5.32 Å². The topological polar surface area (TPSA) is 49.4 Å². The van der Waals surface area contributed by atoms with Crippen molar-refractivity contribution in [1.82, 2.24) is 10.2 Å². The molecule has 0 aromatic rings. The molecule has 4 heteroatoms. The van der Waals surface area contributed by atoms with Gasteiger partial charge in [0.15, 0.2) is 5.78 Å². The molecule has 0 saturated carbocycles. The van der Waals surface area contributed by atoms with Gasteiger partial charge >= 0.3 is 0 Å². The van der Waals surface area contributed by atoms with Crippen LogP contribution >= 0.6 is 0 Å². The molecule has 0 aromatic heterocycles. The summed E-state index contributed by atoms with van der Waals surface area (Å²) in [5.41, 5.74) is 0.873. The molecule has 1 unspecified atom stereocenters. The fourth-order valence-corrected chi connectivity index (χ4v) is 1.44. The van der Waals surface area contributed by atoms with Gasteiger partial charge < -0.3 is 10.2 Å². The van der Waals surface area contributed by atoms with Crippen molar-refractivity contribution >= 4 is 11.7 Å². The van der Waals surface area contributed by atoms with Crippen LogP contribution in [0.2, 0.25) is 0 Å². The molecule has 0 aliphatic heterocycles. The summed E-state index contributed by atoms with van der Waals surface area (Å²) < 4.78 is 0. The minimum Gasteiger partial charge on any atom is -0.377 e. The van der Waals surface area contributed by atoms with Gasteiger partial charge in [-0.2, -0.15) is 0 Å². The molecule has 78 valence electrons. The standard InChI is InChI=1S/C10H16N2O2/c1-7(10(14)12(2)3)11-8-4-5-9(13)6-8/h6-7,11H,4-5H2,1-3H3. The normalized spacial score (nSPS) is 17.6. The Labute approximate surface area is 84.0 Å². The molecular weight excluding hydrogens is 180 g/mol. The zero-order valence-corrected chi connectivity index (χ0v) is 8.83. The summed E-state index contributed by atoms with van der Waals surface area (Å²) in [6, 6.07) is -0.262. The van der Waals surface area contributed by atoms with Crippen LogP contribution in [0, 0.1) is 0 Å². The highest BCUT2D eigenvalue weighted by Crippen LogP contribution is 2.12. The number of nitrogens with one attached hydrogen (secondary N) is 1. The highest BCUT2D eigenvalue weighted by molar-refractivity contribution is 5.93. The lowest BCUT2D eigenvalue weighted by Crippen LogP contribution is -2.40. The molecule has 0 bridgehead atoms. The Kier molecular flexibility index (Phi) is 3.28. The van der Waals surface area contributed by atoms with Gasteiger partial charge in [-0.3, -0.25) is 9.59 Å². The Balaban J connectivity index is 2.49. The largest absolute Gasteiger partial charge is 0.377 e. The molecule has 1 N–H and O–H groups in total. The van der Waals surface area contributed by atoms with E-state index in [9.17, 15) is 9.59 Å². The summed E-state index contributed by atoms with van der Waals surface area (Å²) in [4.78, 5) is 23.9. The van der Waals surface area contributed by atoms with E-state index in [0.717, 1.165) is 12.1 Å². The minimum atomic E-state index is -0.262. The third-order valence-electron chi connectivity index (χ3n) is 2.19. The van der Waals surface area contributed by atoms with Gasteiger partial charge in [0, 0.05) is 32.3 Å². The predicted octanol–water partition coefficient (Wildman–Crippen LogP) is 0.299. The number of ketones is 1. The Morgan fingerprint density at radius 1 is 1.50 bits per heavy atom. The first kappa shape index (κ1) is 10.8. The Hall–Kier alpha value is -1.32. The third-order valence-corrected chi connectivity index (χ3v) is 2.19. The fourth-order valence-electron chi connectivity index (χ4n) is 1.44. The molecule has 0 fully saturated rings. The molecule has 0 saturated heterocycles. The summed E-state index contributed by atoms with van der Waals surface area (Å²) in [5, 5.41) is 3.04. The maximum Gasteiger partial charge on any atom is 0.244 e. The second-order valence-corrected chi connectivity index (χ2v) is 3.73. The van der Waals surface area contributed by atoms with Crippen LogP contribution in [0.5, 0.6) is 0 Å². The van der Waals surface area contributed by atoms with Crippen LogP contribution in [0.1, 0.15) is 19.8 Å². The van der Waals surface area contributed by atoms with Crippen molar-refractivity contribution in [3.8, 4) is 0 Å². The third kappa shape index (κ3) is 2.58. The van der Waals surface area contributed by atoms with Gasteiger partial charge in [0.25, 0.3) is 0 Å². The van der Waals surface area contributed by atoms with Crippen molar-refractivity contribution in [1.29, 1.82) is 0 Å². The molecule has 1 amide bonds. The maximum atomic E-state index is 11.5. The van der Waals surface area contributed by atoms with Gasteiger partial charge in [-0.25, -0.2) is 0 Å². The van der Waals surface area contributed by atoms with Crippen molar-refractivity contribution in [3.05, 3.63) is 11.8 Å². The first-order chi connectivity index (χ1) is 6.50. The van der Waals surface area contributed by atoms with E-state index in [1.165, 1.54) is 4.90 Å². The first-order valence-electron chi connectivity index (χ1n) is 4.72. The van der Waals surface area contributed by atoms with Crippen molar-refractivity contribution in [2.45, 2.75) is 25.8 Å². The van der Waals surface area contributed by atoms with E-state index in [4.69, 9.17) is 0 Å². The summed E-state index contributed by atoms with van der Waals surface area (Å²) in [6.45, 7) is 1.80. The average molecular weight is 196 g/mol. The highest BCUT2D eigenvalue weighted by atomic mass is 16.2. The van der Waals surface area contributed by atoms with Crippen LogP contribution in [0.3, 0.4) is 0 Å². The number of hydrogen-bond donors (Lipinski definition) is 1. The molecule has 0 heterocycles. The number of nitrogens with zero attached hydrogens (tertiary/aromatic N) is 1. The number of carbonyl (C=O) groups excluding carboxylic acids is 2. The maximum absolute atomic E-state index is 11.5. The quantitative estimate of drug-likeness (QED) is 0.706. The second kappa shape index (κ2) is 4.26. The smallest absolute Gasteiger partial charge is 0.244 e. The van der Waals surface area contributed by atoms with Crippen molar-refractivity contribution in [2.75, 3.05) is 14.1 Å². The molecule has 1 rings (SSSR count). The summed E-state index contributed by atoms with van der Waals surface area (Å²) >= 11 is 0. The van der Waals surface area contributed by atoms with Gasteiger partial charge in [0.2, 0.25) is 5.91 Å². The van der Waals surface area contributed by atoms with E-state index in [0.29, 0.717) is 6.42 Å². The number of hydrogen-bond acceptors (Lipinski definition) is 3. The number of carbonyl (C=O) groups is 2. The number of likely N-dealkylation sites (N-methyl/N-ethyl adjacent to an activating group) is 1. The first-order valence-corrected chi connectivity index (χ1v) is 4.72. The van der Waals surface area contributed by atoms with E-state index >= 15 is 0 Å². The number of allylic oxidation sites excluding steroid dienone is 2. The lowest BCUT2D eigenvalue weighted by molar-refractivity contribution is -0.130. The monoisotopic (exact) mass is 196 g/mol. The van der Waals surface area contributed by atoms with Crippen LogP contribution in [0.15, 0.2) is 11.8 Å². The molecule has 14 heavy (non-hydrogen) atoms. The number of amides is 1. The van der Waals surface area contributed by atoms with E-state index in [1.807, 2.05) is 0 Å². The Bertz CT molecular complexity index is 282. The van der Waals surface area contributed by atoms with Crippen molar-refractivity contribution in [3.63, 3.8) is 0 Å². The summed E-state index contributed by atoms with van der Waals surface area (Å²) in [5.74, 6) is 0.155. The molecular formula is C10H16N2O2. The minimum absolute atomic E-state index is 0.0187. The Morgan fingerprint density at radius 3 is 2.57 bits per heavy atom. The van der Waals surface area contributed by atoms with Gasteiger partial charge in [0.05, 0.1) is 0 Å². The second-order valence-electron chi connectivity index (χ2n) is 3.73. The fraction of sp³-hybridized carbons (Fsp3) is 0.600. The number of rotatable bonds is 3. The Morgan fingerprint density at radius 2 is 2.14 bits per heavy atom. The van der Waals surface area contributed by atoms with Crippen LogP contribution < -0.4 is 5.32 Å². The summed E-state index contributed by atoms with van der Waals surface area (Å²) in [6.07, 6.45) is 2.87. The highest BCUT2D eigenvalue weighted by Gasteiger charge is 2.18. The molecule has 1 aliphatic carbocycles. The van der Waals surface area contributed by atoms with Gasteiger partial charge in [-0.05, 0) is 13.3 Å². The van der Waals surface area contributed by atoms with Crippen LogP contribution in [-0.2, 0) is 9.59 Å². The lowest BCUT2D eigenvalue weighted by atomic mass is 10.2. The lowest BCUT2D eigenvalue weighted by Gasteiger charge is -2.19. The van der Waals surface area contributed by atoms with Crippen molar-refractivity contribution in [2.24, 2.45) is 0 Å². The van der Waals surface area contributed by atoms with E-state index < -0.39 is 0 Å².